The highest BCUT2D eigenvalue weighted by Gasteiger charge is 2.02. The Kier molecular flexibility index (Phi) is 16.3. The summed E-state index contributed by atoms with van der Waals surface area (Å²) in [5.74, 6) is -0.837. The van der Waals surface area contributed by atoms with Crippen LogP contribution < -0.4 is 0 Å². The lowest BCUT2D eigenvalue weighted by Gasteiger charge is -2.03. The van der Waals surface area contributed by atoms with Crippen molar-refractivity contribution in [2.45, 2.75) is 58.8 Å². The molecule has 0 aromatic heterocycles. The first-order chi connectivity index (χ1) is 9.40. The second-order valence-electron chi connectivity index (χ2n) is 4.43. The summed E-state index contributed by atoms with van der Waals surface area (Å²) in [5, 5.41) is 15.9. The molecule has 0 saturated heterocycles. The van der Waals surface area contributed by atoms with Gasteiger partial charge in [0.2, 0.25) is 0 Å². The standard InChI is InChI=1S/C12H22O4.C2H4O2/c1-11(14)7-4-6-10-16-12(15)8-3-2-5-9-13;1-2(3)4/h13H,2-10H2,1H3;1H3,(H,3,4). The third kappa shape index (κ3) is 25.4. The van der Waals surface area contributed by atoms with Crippen LogP contribution in [0.25, 0.3) is 0 Å². The number of hydrogen-bond acceptors (Lipinski definition) is 5. The molecule has 0 bridgehead atoms. The smallest absolute Gasteiger partial charge is 0.305 e. The molecule has 0 radical (unpaired) electrons. The van der Waals surface area contributed by atoms with Crippen LogP contribution in [0.4, 0.5) is 0 Å². The number of esters is 1. The number of aliphatic hydroxyl groups excluding tert-OH is 1. The van der Waals surface area contributed by atoms with E-state index < -0.39 is 5.97 Å². The number of carboxylic acids is 1. The second kappa shape index (κ2) is 15.6. The van der Waals surface area contributed by atoms with Crippen molar-refractivity contribution < 1.29 is 29.3 Å². The summed E-state index contributed by atoms with van der Waals surface area (Å²) >= 11 is 0. The monoisotopic (exact) mass is 290 g/mol. The highest BCUT2D eigenvalue weighted by Crippen LogP contribution is 2.02. The van der Waals surface area contributed by atoms with E-state index in [0.29, 0.717) is 19.4 Å². The van der Waals surface area contributed by atoms with Crippen LogP contribution >= 0.6 is 0 Å². The number of carbonyl (C=O) groups excluding carboxylic acids is 2. The summed E-state index contributed by atoms with van der Waals surface area (Å²) in [6.45, 7) is 3.24. The molecule has 2 N–H and O–H groups in total. The third-order valence-corrected chi connectivity index (χ3v) is 2.23. The van der Waals surface area contributed by atoms with Crippen LogP contribution in [0.1, 0.15) is 58.8 Å². The molecule has 118 valence electrons. The first-order valence-electron chi connectivity index (χ1n) is 6.85. The van der Waals surface area contributed by atoms with Crippen molar-refractivity contribution in [3.63, 3.8) is 0 Å². The minimum absolute atomic E-state index is 0.176. The highest BCUT2D eigenvalue weighted by molar-refractivity contribution is 5.75. The van der Waals surface area contributed by atoms with Gasteiger partial charge in [0, 0.05) is 26.4 Å². The Morgan fingerprint density at radius 2 is 1.45 bits per heavy atom. The van der Waals surface area contributed by atoms with Crippen LogP contribution in [0.5, 0.6) is 0 Å². The van der Waals surface area contributed by atoms with Crippen LogP contribution in [0.2, 0.25) is 0 Å². The third-order valence-electron chi connectivity index (χ3n) is 2.23. The number of carbonyl (C=O) groups is 3. The molecule has 0 aliphatic heterocycles. The number of ketones is 1. The topological polar surface area (TPSA) is 101 Å². The van der Waals surface area contributed by atoms with Gasteiger partial charge in [0.1, 0.15) is 5.78 Å². The maximum absolute atomic E-state index is 11.2. The van der Waals surface area contributed by atoms with Crippen molar-refractivity contribution in [1.82, 2.24) is 0 Å². The van der Waals surface area contributed by atoms with E-state index in [-0.39, 0.29) is 18.4 Å². The van der Waals surface area contributed by atoms with Gasteiger partial charge in [0.25, 0.3) is 5.97 Å². The fraction of sp³-hybridized carbons (Fsp3) is 0.786. The van der Waals surface area contributed by atoms with Crippen LogP contribution in [0.3, 0.4) is 0 Å². The van der Waals surface area contributed by atoms with Gasteiger partial charge in [-0.2, -0.15) is 0 Å². The molecule has 0 fully saturated rings. The van der Waals surface area contributed by atoms with E-state index in [9.17, 15) is 9.59 Å². The Hall–Kier alpha value is -1.43. The quantitative estimate of drug-likeness (QED) is 0.471. The Morgan fingerprint density at radius 1 is 0.900 bits per heavy atom. The van der Waals surface area contributed by atoms with E-state index in [1.54, 1.807) is 6.92 Å². The number of hydrogen-bond donors (Lipinski definition) is 2. The first-order valence-corrected chi connectivity index (χ1v) is 6.85. The lowest BCUT2D eigenvalue weighted by Crippen LogP contribution is -2.06. The summed E-state index contributed by atoms with van der Waals surface area (Å²) in [6.07, 6.45) is 4.89. The van der Waals surface area contributed by atoms with Crippen molar-refractivity contribution in [2.24, 2.45) is 0 Å². The van der Waals surface area contributed by atoms with Gasteiger partial charge in [-0.3, -0.25) is 9.59 Å². The number of ether oxygens (including phenoxy) is 1. The second-order valence-corrected chi connectivity index (χ2v) is 4.43. The van der Waals surface area contributed by atoms with E-state index in [1.165, 1.54) is 0 Å². The first kappa shape index (κ1) is 20.9. The minimum atomic E-state index is -0.833. The Labute approximate surface area is 120 Å². The Morgan fingerprint density at radius 3 is 1.95 bits per heavy atom. The largest absolute Gasteiger partial charge is 0.481 e. The van der Waals surface area contributed by atoms with Crippen LogP contribution in [-0.2, 0) is 19.1 Å². The average Bonchev–Trinajstić information content (AvgIpc) is 2.33. The van der Waals surface area contributed by atoms with E-state index in [4.69, 9.17) is 19.7 Å². The average molecular weight is 290 g/mol. The van der Waals surface area contributed by atoms with Gasteiger partial charge in [-0.05, 0) is 32.6 Å². The lowest BCUT2D eigenvalue weighted by atomic mass is 10.2. The summed E-state index contributed by atoms with van der Waals surface area (Å²) in [6, 6.07) is 0. The summed E-state index contributed by atoms with van der Waals surface area (Å²) in [7, 11) is 0. The maximum Gasteiger partial charge on any atom is 0.305 e. The predicted octanol–water partition coefficient (Wildman–Crippen LogP) is 1.93. The number of unbranched alkanes of at least 4 members (excludes halogenated alkanes) is 3. The van der Waals surface area contributed by atoms with Crippen molar-refractivity contribution in [3.8, 4) is 0 Å². The van der Waals surface area contributed by atoms with Gasteiger partial charge in [0.05, 0.1) is 6.61 Å². The molecule has 0 amide bonds. The van der Waals surface area contributed by atoms with Gasteiger partial charge in [0.15, 0.2) is 0 Å². The molecule has 0 rings (SSSR count). The fourth-order valence-electron chi connectivity index (χ4n) is 1.29. The van der Waals surface area contributed by atoms with Crippen LogP contribution in [0, 0.1) is 0 Å². The number of carboxylic acid groups (broad SMARTS) is 1. The molecule has 0 spiro atoms. The van der Waals surface area contributed by atoms with E-state index in [1.807, 2.05) is 0 Å². The molecular formula is C14H26O6. The van der Waals surface area contributed by atoms with Gasteiger partial charge in [-0.1, -0.05) is 6.42 Å². The molecular weight excluding hydrogens is 264 g/mol. The summed E-state index contributed by atoms with van der Waals surface area (Å²) < 4.78 is 4.99. The molecule has 6 heteroatoms. The van der Waals surface area contributed by atoms with E-state index in [2.05, 4.69) is 0 Å². The number of rotatable bonds is 10. The molecule has 0 heterocycles. The van der Waals surface area contributed by atoms with Gasteiger partial charge < -0.3 is 19.7 Å². The molecule has 0 aliphatic rings. The molecule has 6 nitrogen and oxygen atoms in total. The van der Waals surface area contributed by atoms with Crippen molar-refractivity contribution >= 4 is 17.7 Å². The zero-order chi connectivity index (χ0) is 15.8. The summed E-state index contributed by atoms with van der Waals surface area (Å²) in [5.41, 5.74) is 0. The van der Waals surface area contributed by atoms with E-state index in [0.717, 1.165) is 39.0 Å². The molecule has 20 heavy (non-hydrogen) atoms. The zero-order valence-electron chi connectivity index (χ0n) is 12.4. The molecule has 0 aromatic rings. The molecule has 0 aromatic carbocycles. The normalized spacial score (nSPS) is 9.35. The zero-order valence-corrected chi connectivity index (χ0v) is 12.4. The predicted molar refractivity (Wildman–Crippen MR) is 74.4 cm³/mol. The van der Waals surface area contributed by atoms with Crippen LogP contribution in [0.15, 0.2) is 0 Å². The molecule has 0 aliphatic carbocycles. The van der Waals surface area contributed by atoms with Crippen LogP contribution in [-0.4, -0.2) is 41.1 Å². The fourth-order valence-corrected chi connectivity index (χ4v) is 1.29. The molecule has 0 saturated carbocycles. The number of aliphatic hydroxyl groups is 1. The molecule has 0 atom stereocenters. The van der Waals surface area contributed by atoms with E-state index >= 15 is 0 Å². The maximum atomic E-state index is 11.2. The molecule has 0 unspecified atom stereocenters. The Balaban J connectivity index is 0. The highest BCUT2D eigenvalue weighted by atomic mass is 16.5. The van der Waals surface area contributed by atoms with Gasteiger partial charge >= 0.3 is 5.97 Å². The van der Waals surface area contributed by atoms with Crippen molar-refractivity contribution in [3.05, 3.63) is 0 Å². The SMILES string of the molecule is CC(=O)CCCCOC(=O)CCCCCO.CC(=O)O. The number of aliphatic carboxylic acids is 1. The van der Waals surface area contributed by atoms with Gasteiger partial charge in [-0.15, -0.1) is 0 Å². The van der Waals surface area contributed by atoms with Gasteiger partial charge in [-0.25, -0.2) is 0 Å². The minimum Gasteiger partial charge on any atom is -0.481 e. The lowest BCUT2D eigenvalue weighted by molar-refractivity contribution is -0.144. The van der Waals surface area contributed by atoms with Crippen molar-refractivity contribution in [2.75, 3.05) is 13.2 Å². The number of Topliss-reactive ketones (excluding diaryl/α,β-unsaturated/α-hetero) is 1. The Bertz CT molecular complexity index is 271. The summed E-state index contributed by atoms with van der Waals surface area (Å²) in [4.78, 5) is 30.8. The van der Waals surface area contributed by atoms with Crippen molar-refractivity contribution in [1.29, 1.82) is 0 Å².